The van der Waals surface area contributed by atoms with E-state index in [4.69, 9.17) is 0 Å². The lowest BCUT2D eigenvalue weighted by Crippen LogP contribution is -2.51. The molecule has 1 aromatic rings. The molecule has 86 valence electrons. The van der Waals surface area contributed by atoms with Crippen LogP contribution in [0.1, 0.15) is 12.0 Å². The first kappa shape index (κ1) is 10.1. The monoisotopic (exact) mass is 220 g/mol. The fraction of sp³-hybridized carbons (Fsp3) is 0.538. The van der Waals surface area contributed by atoms with E-state index >= 15 is 0 Å². The van der Waals surface area contributed by atoms with E-state index in [1.807, 2.05) is 6.07 Å². The highest BCUT2D eigenvalue weighted by Crippen LogP contribution is 2.35. The standard InChI is InChI=1S/C13H17FN2/c1-16-12-4-5-15-8-10(12)6-9-2-3-11(14)7-13(9)16/h2-3,7,10,12,15H,4-6,8H2,1H3. The number of hydrogen-bond donors (Lipinski definition) is 1. The van der Waals surface area contributed by atoms with Gasteiger partial charge in [-0.25, -0.2) is 4.39 Å². The molecule has 2 unspecified atom stereocenters. The highest BCUT2D eigenvalue weighted by Gasteiger charge is 2.33. The van der Waals surface area contributed by atoms with Gasteiger partial charge in [0.05, 0.1) is 0 Å². The largest absolute Gasteiger partial charge is 0.371 e. The second kappa shape index (κ2) is 3.74. The molecule has 2 nitrogen and oxygen atoms in total. The van der Waals surface area contributed by atoms with Crippen LogP contribution in [-0.2, 0) is 6.42 Å². The van der Waals surface area contributed by atoms with E-state index in [2.05, 4.69) is 17.3 Å². The lowest BCUT2D eigenvalue weighted by molar-refractivity contribution is 0.304. The zero-order valence-corrected chi connectivity index (χ0v) is 9.54. The van der Waals surface area contributed by atoms with Crippen LogP contribution in [0.15, 0.2) is 18.2 Å². The first-order valence-corrected chi connectivity index (χ1v) is 5.97. The van der Waals surface area contributed by atoms with Crippen molar-refractivity contribution < 1.29 is 4.39 Å². The van der Waals surface area contributed by atoms with Gasteiger partial charge in [-0.3, -0.25) is 0 Å². The summed E-state index contributed by atoms with van der Waals surface area (Å²) in [7, 11) is 2.10. The molecule has 0 saturated carbocycles. The number of piperidine rings is 1. The van der Waals surface area contributed by atoms with Gasteiger partial charge in [0.25, 0.3) is 0 Å². The van der Waals surface area contributed by atoms with Gasteiger partial charge >= 0.3 is 0 Å². The Labute approximate surface area is 95.4 Å². The van der Waals surface area contributed by atoms with Gasteiger partial charge in [0, 0.05) is 25.3 Å². The summed E-state index contributed by atoms with van der Waals surface area (Å²) in [5.41, 5.74) is 2.37. The zero-order chi connectivity index (χ0) is 11.1. The first-order valence-electron chi connectivity index (χ1n) is 5.97. The summed E-state index contributed by atoms with van der Waals surface area (Å²) in [6.07, 6.45) is 2.24. The van der Waals surface area contributed by atoms with E-state index in [-0.39, 0.29) is 5.82 Å². The summed E-state index contributed by atoms with van der Waals surface area (Å²) in [4.78, 5) is 2.27. The number of nitrogens with zero attached hydrogens (tertiary/aromatic N) is 1. The highest BCUT2D eigenvalue weighted by molar-refractivity contribution is 5.56. The molecule has 16 heavy (non-hydrogen) atoms. The van der Waals surface area contributed by atoms with Crippen LogP contribution in [0.25, 0.3) is 0 Å². The van der Waals surface area contributed by atoms with E-state index in [0.29, 0.717) is 12.0 Å². The van der Waals surface area contributed by atoms with Gasteiger partial charge in [0.1, 0.15) is 5.82 Å². The molecule has 1 fully saturated rings. The number of halogens is 1. The van der Waals surface area contributed by atoms with E-state index in [1.54, 1.807) is 12.1 Å². The molecule has 0 radical (unpaired) electrons. The van der Waals surface area contributed by atoms with Crippen molar-refractivity contribution in [1.82, 2.24) is 5.32 Å². The third-order valence-corrected chi connectivity index (χ3v) is 3.97. The van der Waals surface area contributed by atoms with E-state index < -0.39 is 0 Å². The second-order valence-electron chi connectivity index (χ2n) is 4.91. The van der Waals surface area contributed by atoms with Crippen LogP contribution < -0.4 is 10.2 Å². The molecule has 1 N–H and O–H groups in total. The number of anilines is 1. The van der Waals surface area contributed by atoms with Crippen LogP contribution >= 0.6 is 0 Å². The molecule has 1 aromatic carbocycles. The van der Waals surface area contributed by atoms with Gasteiger partial charge in [0.15, 0.2) is 0 Å². The number of nitrogens with one attached hydrogen (secondary N) is 1. The lowest BCUT2D eigenvalue weighted by Gasteiger charge is -2.44. The minimum absolute atomic E-state index is 0.127. The number of benzene rings is 1. The average molecular weight is 220 g/mol. The summed E-state index contributed by atoms with van der Waals surface area (Å²) in [5.74, 6) is 0.551. The second-order valence-corrected chi connectivity index (χ2v) is 4.91. The molecule has 0 spiro atoms. The molecule has 0 bridgehead atoms. The minimum atomic E-state index is -0.127. The fourth-order valence-corrected chi connectivity index (χ4v) is 3.13. The third kappa shape index (κ3) is 1.50. The Morgan fingerprint density at radius 3 is 3.19 bits per heavy atom. The van der Waals surface area contributed by atoms with Crippen molar-refractivity contribution in [3.63, 3.8) is 0 Å². The Bertz CT molecular complexity index is 405. The van der Waals surface area contributed by atoms with Crippen LogP contribution in [0, 0.1) is 11.7 Å². The molecule has 2 aliphatic heterocycles. The highest BCUT2D eigenvalue weighted by atomic mass is 19.1. The molecule has 1 saturated heterocycles. The molecule has 2 aliphatic rings. The van der Waals surface area contributed by atoms with Crippen LogP contribution in [0.4, 0.5) is 10.1 Å². The van der Waals surface area contributed by atoms with Gasteiger partial charge in [-0.2, -0.15) is 0 Å². The predicted molar refractivity (Wildman–Crippen MR) is 63.3 cm³/mol. The maximum atomic E-state index is 13.3. The van der Waals surface area contributed by atoms with Crippen LogP contribution in [0.3, 0.4) is 0 Å². The normalized spacial score (nSPS) is 28.5. The van der Waals surface area contributed by atoms with E-state index in [1.165, 1.54) is 5.56 Å². The summed E-state index contributed by atoms with van der Waals surface area (Å²) in [5, 5.41) is 3.45. The summed E-state index contributed by atoms with van der Waals surface area (Å²) >= 11 is 0. The molecule has 3 rings (SSSR count). The molecule has 0 aromatic heterocycles. The maximum Gasteiger partial charge on any atom is 0.125 e. The Kier molecular flexibility index (Phi) is 2.36. The molecule has 3 heteroatoms. The van der Waals surface area contributed by atoms with Crippen molar-refractivity contribution in [3.8, 4) is 0 Å². The predicted octanol–water partition coefficient (Wildman–Crippen LogP) is 1.80. The van der Waals surface area contributed by atoms with Gasteiger partial charge in [-0.05, 0) is 43.0 Å². The topological polar surface area (TPSA) is 15.3 Å². The van der Waals surface area contributed by atoms with Crippen molar-refractivity contribution in [2.24, 2.45) is 5.92 Å². The third-order valence-electron chi connectivity index (χ3n) is 3.97. The van der Waals surface area contributed by atoms with Gasteiger partial charge < -0.3 is 10.2 Å². The summed E-state index contributed by atoms with van der Waals surface area (Å²) < 4.78 is 13.3. The molecule has 2 atom stereocenters. The SMILES string of the molecule is CN1c2cc(F)ccc2CC2CNCCC21. The molecular weight excluding hydrogens is 203 g/mol. The van der Waals surface area contributed by atoms with Crippen molar-refractivity contribution >= 4 is 5.69 Å². The molecule has 2 heterocycles. The van der Waals surface area contributed by atoms with Crippen LogP contribution in [0.2, 0.25) is 0 Å². The quantitative estimate of drug-likeness (QED) is 0.717. The lowest BCUT2D eigenvalue weighted by atomic mass is 9.82. The molecular formula is C13H17FN2. The number of fused-ring (bicyclic) bond motifs is 2. The van der Waals surface area contributed by atoms with Gasteiger partial charge in [-0.15, -0.1) is 0 Å². The van der Waals surface area contributed by atoms with E-state index in [0.717, 1.165) is 31.6 Å². The Morgan fingerprint density at radius 2 is 2.31 bits per heavy atom. The van der Waals surface area contributed by atoms with Crippen molar-refractivity contribution in [1.29, 1.82) is 0 Å². The molecule has 0 amide bonds. The average Bonchev–Trinajstić information content (AvgIpc) is 2.31. The Hall–Kier alpha value is -1.09. The van der Waals surface area contributed by atoms with E-state index in [9.17, 15) is 4.39 Å². The Morgan fingerprint density at radius 1 is 1.44 bits per heavy atom. The fourth-order valence-electron chi connectivity index (χ4n) is 3.13. The first-order chi connectivity index (χ1) is 7.75. The van der Waals surface area contributed by atoms with Gasteiger partial charge in [-0.1, -0.05) is 6.07 Å². The number of rotatable bonds is 0. The van der Waals surface area contributed by atoms with Crippen LogP contribution in [-0.4, -0.2) is 26.2 Å². The molecule has 0 aliphatic carbocycles. The summed E-state index contributed by atoms with van der Waals surface area (Å²) in [6.45, 7) is 2.17. The minimum Gasteiger partial charge on any atom is -0.371 e. The van der Waals surface area contributed by atoms with Gasteiger partial charge in [0.2, 0.25) is 0 Å². The zero-order valence-electron chi connectivity index (χ0n) is 9.54. The van der Waals surface area contributed by atoms with Crippen molar-refractivity contribution in [3.05, 3.63) is 29.6 Å². The number of hydrogen-bond acceptors (Lipinski definition) is 2. The maximum absolute atomic E-state index is 13.3. The smallest absolute Gasteiger partial charge is 0.125 e. The Balaban J connectivity index is 2.00. The summed E-state index contributed by atoms with van der Waals surface area (Å²) in [6, 6.07) is 5.76. The van der Waals surface area contributed by atoms with Crippen molar-refractivity contribution in [2.45, 2.75) is 18.9 Å². The van der Waals surface area contributed by atoms with Crippen molar-refractivity contribution in [2.75, 3.05) is 25.0 Å². The van der Waals surface area contributed by atoms with Crippen LogP contribution in [0.5, 0.6) is 0 Å².